The van der Waals surface area contributed by atoms with Gasteiger partial charge in [-0.3, -0.25) is 4.98 Å². The van der Waals surface area contributed by atoms with Crippen molar-refractivity contribution in [1.82, 2.24) is 15.2 Å². The Morgan fingerprint density at radius 2 is 2.04 bits per heavy atom. The Morgan fingerprint density at radius 1 is 1.21 bits per heavy atom. The van der Waals surface area contributed by atoms with Gasteiger partial charge in [-0.15, -0.1) is 10.2 Å². The minimum absolute atomic E-state index is 0.292. The second kappa shape index (κ2) is 6.23. The number of ether oxygens (including phenoxy) is 1. The van der Waals surface area contributed by atoms with Crippen LogP contribution in [0.2, 0.25) is 0 Å². The molecule has 1 aliphatic rings. The average Bonchev–Trinajstić information content (AvgIpc) is 2.98. The lowest BCUT2D eigenvalue weighted by Gasteiger charge is -2.20. The number of aryl methyl sites for hydroxylation is 1. The third-order valence-corrected chi connectivity index (χ3v) is 4.78. The second-order valence-electron chi connectivity index (χ2n) is 6.33. The van der Waals surface area contributed by atoms with Crippen molar-refractivity contribution in [1.29, 1.82) is 0 Å². The molecule has 0 N–H and O–H groups in total. The van der Waals surface area contributed by atoms with Crippen LogP contribution in [0.4, 0.5) is 0 Å². The van der Waals surface area contributed by atoms with Crippen LogP contribution in [0.25, 0.3) is 10.9 Å². The summed E-state index contributed by atoms with van der Waals surface area (Å²) < 4.78 is 11.9. The van der Waals surface area contributed by atoms with Crippen LogP contribution in [-0.4, -0.2) is 15.2 Å². The molecule has 1 saturated carbocycles. The first-order valence-corrected chi connectivity index (χ1v) is 8.59. The van der Waals surface area contributed by atoms with E-state index in [-0.39, 0.29) is 0 Å². The van der Waals surface area contributed by atoms with Crippen LogP contribution in [0.15, 0.2) is 28.7 Å². The van der Waals surface area contributed by atoms with Gasteiger partial charge in [0.15, 0.2) is 6.61 Å². The number of nitrogens with zero attached hydrogens (tertiary/aromatic N) is 3. The van der Waals surface area contributed by atoms with Crippen molar-refractivity contribution < 1.29 is 9.15 Å². The van der Waals surface area contributed by atoms with Crippen molar-refractivity contribution in [3.05, 3.63) is 47.3 Å². The van der Waals surface area contributed by atoms with Crippen LogP contribution in [0, 0.1) is 6.92 Å². The highest BCUT2D eigenvalue weighted by atomic mass is 16.5. The van der Waals surface area contributed by atoms with Gasteiger partial charge in [0.2, 0.25) is 5.89 Å². The van der Waals surface area contributed by atoms with E-state index in [4.69, 9.17) is 9.15 Å². The van der Waals surface area contributed by atoms with Crippen molar-refractivity contribution in [3.8, 4) is 5.75 Å². The fourth-order valence-electron chi connectivity index (χ4n) is 3.20. The molecule has 2 heterocycles. The summed E-state index contributed by atoms with van der Waals surface area (Å²) in [5.74, 6) is 2.62. The molecule has 124 valence electrons. The molecule has 1 fully saturated rings. The molecular weight excluding hydrogens is 302 g/mol. The maximum Gasteiger partial charge on any atom is 0.253 e. The molecule has 5 heteroatoms. The smallest absolute Gasteiger partial charge is 0.253 e. The van der Waals surface area contributed by atoms with E-state index in [1.807, 2.05) is 31.2 Å². The molecule has 0 saturated heterocycles. The first-order chi connectivity index (χ1) is 11.8. The van der Waals surface area contributed by atoms with Crippen LogP contribution in [-0.2, 0) is 13.0 Å². The third-order valence-electron chi connectivity index (χ3n) is 4.78. The highest BCUT2D eigenvalue weighted by Gasteiger charge is 2.25. The predicted octanol–water partition coefficient (Wildman–Crippen LogP) is 4.34. The van der Waals surface area contributed by atoms with Gasteiger partial charge in [0.25, 0.3) is 5.89 Å². The molecule has 24 heavy (non-hydrogen) atoms. The number of para-hydroxylation sites is 1. The summed E-state index contributed by atoms with van der Waals surface area (Å²) >= 11 is 0. The Kier molecular flexibility index (Phi) is 3.92. The maximum atomic E-state index is 6.12. The van der Waals surface area contributed by atoms with Crippen LogP contribution in [0.5, 0.6) is 5.75 Å². The van der Waals surface area contributed by atoms with Gasteiger partial charge in [0.05, 0.1) is 5.52 Å². The van der Waals surface area contributed by atoms with Crippen LogP contribution >= 0.6 is 0 Å². The fraction of sp³-hybridized carbons (Fsp3) is 0.421. The fourth-order valence-corrected chi connectivity index (χ4v) is 3.20. The number of aromatic nitrogens is 3. The summed E-state index contributed by atoms with van der Waals surface area (Å²) in [6.45, 7) is 4.44. The summed E-state index contributed by atoms with van der Waals surface area (Å²) in [4.78, 5) is 4.68. The largest absolute Gasteiger partial charge is 0.483 e. The average molecular weight is 323 g/mol. The molecule has 0 aliphatic heterocycles. The van der Waals surface area contributed by atoms with Crippen molar-refractivity contribution >= 4 is 10.9 Å². The summed E-state index contributed by atoms with van der Waals surface area (Å²) in [5.41, 5.74) is 3.09. The van der Waals surface area contributed by atoms with Crippen molar-refractivity contribution in [2.75, 3.05) is 0 Å². The Labute approximate surface area is 141 Å². The SMILES string of the molecule is CCc1c(C)nc2ccccc2c1OCc1nnc(C2CCC2)o1. The molecule has 0 spiro atoms. The summed E-state index contributed by atoms with van der Waals surface area (Å²) in [6, 6.07) is 8.06. The van der Waals surface area contributed by atoms with Gasteiger partial charge in [-0.1, -0.05) is 25.5 Å². The molecule has 1 aliphatic carbocycles. The highest BCUT2D eigenvalue weighted by molar-refractivity contribution is 5.86. The second-order valence-corrected chi connectivity index (χ2v) is 6.33. The van der Waals surface area contributed by atoms with Gasteiger partial charge in [-0.25, -0.2) is 0 Å². The first kappa shape index (κ1) is 15.1. The Bertz CT molecular complexity index is 868. The van der Waals surface area contributed by atoms with E-state index in [1.165, 1.54) is 6.42 Å². The van der Waals surface area contributed by atoms with E-state index in [0.29, 0.717) is 18.4 Å². The molecule has 0 atom stereocenters. The molecule has 0 radical (unpaired) electrons. The monoisotopic (exact) mass is 323 g/mol. The molecule has 0 unspecified atom stereocenters. The lowest BCUT2D eigenvalue weighted by molar-refractivity contribution is 0.248. The molecule has 2 aromatic heterocycles. The zero-order valence-corrected chi connectivity index (χ0v) is 14.1. The van der Waals surface area contributed by atoms with Crippen molar-refractivity contribution in [2.45, 2.75) is 52.1 Å². The number of benzene rings is 1. The van der Waals surface area contributed by atoms with E-state index in [2.05, 4.69) is 22.1 Å². The van der Waals surface area contributed by atoms with E-state index < -0.39 is 0 Å². The Balaban J connectivity index is 1.62. The van der Waals surface area contributed by atoms with Gasteiger partial charge >= 0.3 is 0 Å². The quantitative estimate of drug-likeness (QED) is 0.699. The van der Waals surface area contributed by atoms with Gasteiger partial charge in [-0.05, 0) is 38.3 Å². The number of hydrogen-bond acceptors (Lipinski definition) is 5. The lowest BCUT2D eigenvalue weighted by Crippen LogP contribution is -2.08. The summed E-state index contributed by atoms with van der Waals surface area (Å²) in [7, 11) is 0. The van der Waals surface area contributed by atoms with Crippen LogP contribution in [0.1, 0.15) is 55.1 Å². The minimum Gasteiger partial charge on any atom is -0.483 e. The Hall–Kier alpha value is -2.43. The van der Waals surface area contributed by atoms with Crippen LogP contribution in [0.3, 0.4) is 0 Å². The normalized spacial score (nSPS) is 14.8. The van der Waals surface area contributed by atoms with Gasteiger partial charge in [-0.2, -0.15) is 0 Å². The van der Waals surface area contributed by atoms with Crippen molar-refractivity contribution in [3.63, 3.8) is 0 Å². The van der Waals surface area contributed by atoms with E-state index in [9.17, 15) is 0 Å². The van der Waals surface area contributed by atoms with E-state index >= 15 is 0 Å². The number of hydrogen-bond donors (Lipinski definition) is 0. The predicted molar refractivity (Wildman–Crippen MR) is 91.1 cm³/mol. The van der Waals surface area contributed by atoms with E-state index in [1.54, 1.807) is 0 Å². The van der Waals surface area contributed by atoms with Gasteiger partial charge in [0, 0.05) is 22.6 Å². The highest BCUT2D eigenvalue weighted by Crippen LogP contribution is 2.36. The molecule has 4 rings (SSSR count). The minimum atomic E-state index is 0.292. The molecule has 3 aromatic rings. The topological polar surface area (TPSA) is 61.0 Å². The standard InChI is InChI=1S/C19H21N3O2/c1-3-14-12(2)20-16-10-5-4-9-15(16)18(14)23-11-17-21-22-19(24-17)13-7-6-8-13/h4-5,9-10,13H,3,6-8,11H2,1-2H3. The number of fused-ring (bicyclic) bond motifs is 1. The first-order valence-electron chi connectivity index (χ1n) is 8.59. The van der Waals surface area contributed by atoms with E-state index in [0.717, 1.165) is 53.1 Å². The van der Waals surface area contributed by atoms with Gasteiger partial charge in [0.1, 0.15) is 5.75 Å². The summed E-state index contributed by atoms with van der Waals surface area (Å²) in [6.07, 6.45) is 4.42. The van der Waals surface area contributed by atoms with Gasteiger partial charge < -0.3 is 9.15 Å². The molecule has 5 nitrogen and oxygen atoms in total. The van der Waals surface area contributed by atoms with Crippen LogP contribution < -0.4 is 4.74 Å². The molecule has 0 amide bonds. The molecule has 1 aromatic carbocycles. The number of rotatable bonds is 5. The zero-order valence-electron chi connectivity index (χ0n) is 14.1. The number of pyridine rings is 1. The molecule has 0 bridgehead atoms. The maximum absolute atomic E-state index is 6.12. The third kappa shape index (κ3) is 2.64. The van der Waals surface area contributed by atoms with Crippen molar-refractivity contribution in [2.24, 2.45) is 0 Å². The lowest BCUT2D eigenvalue weighted by atomic mass is 9.85. The zero-order chi connectivity index (χ0) is 16.5. The Morgan fingerprint density at radius 3 is 2.79 bits per heavy atom. The molecular formula is C19H21N3O2. The summed E-state index contributed by atoms with van der Waals surface area (Å²) in [5, 5.41) is 9.33.